The molecular weight excluding hydrogens is 278 g/mol. The molecule has 0 aliphatic heterocycles. The van der Waals surface area contributed by atoms with Gasteiger partial charge in [0.2, 0.25) is 5.91 Å². The lowest BCUT2D eigenvalue weighted by Gasteiger charge is -2.28. The second-order valence-corrected chi connectivity index (χ2v) is 6.40. The molecule has 1 amide bonds. The molecule has 0 heterocycles. The van der Waals surface area contributed by atoms with Gasteiger partial charge in [0.05, 0.1) is 5.92 Å². The van der Waals surface area contributed by atoms with Crippen molar-refractivity contribution in [3.63, 3.8) is 0 Å². The van der Waals surface area contributed by atoms with Crippen LogP contribution in [0.1, 0.15) is 51.0 Å². The van der Waals surface area contributed by atoms with Crippen LogP contribution in [0.4, 0.5) is 0 Å². The Kier molecular flexibility index (Phi) is 5.58. The molecule has 0 radical (unpaired) electrons. The number of hydrogen-bond acceptors (Lipinski definition) is 2. The van der Waals surface area contributed by atoms with Crippen LogP contribution in [-0.4, -0.2) is 23.0 Å². The highest BCUT2D eigenvalue weighted by molar-refractivity contribution is 5.80. The molecule has 4 nitrogen and oxygen atoms in total. The van der Waals surface area contributed by atoms with Gasteiger partial charge >= 0.3 is 5.97 Å². The first kappa shape index (κ1) is 16.5. The van der Waals surface area contributed by atoms with Crippen molar-refractivity contribution < 1.29 is 14.7 Å². The molecule has 1 aromatic rings. The number of rotatable bonds is 5. The van der Waals surface area contributed by atoms with Crippen LogP contribution in [0.5, 0.6) is 0 Å². The first-order valence-electron chi connectivity index (χ1n) is 8.07. The fraction of sp³-hybridized carbons (Fsp3) is 0.556. The first-order chi connectivity index (χ1) is 10.5. The number of carbonyl (C=O) groups is 2. The molecule has 0 spiro atoms. The topological polar surface area (TPSA) is 66.4 Å². The Labute approximate surface area is 131 Å². The minimum absolute atomic E-state index is 0.00114. The summed E-state index contributed by atoms with van der Waals surface area (Å²) in [7, 11) is 0. The SMILES string of the molecule is CC(NC(=O)C1CCCC(C(=O)O)C1)C(C)c1ccccc1. The summed E-state index contributed by atoms with van der Waals surface area (Å²) in [6.45, 7) is 4.11. The van der Waals surface area contributed by atoms with Crippen molar-refractivity contribution in [1.82, 2.24) is 5.32 Å². The zero-order valence-electron chi connectivity index (χ0n) is 13.3. The van der Waals surface area contributed by atoms with E-state index in [1.807, 2.05) is 25.1 Å². The van der Waals surface area contributed by atoms with Gasteiger partial charge in [-0.25, -0.2) is 0 Å². The maximum absolute atomic E-state index is 12.4. The van der Waals surface area contributed by atoms with E-state index in [2.05, 4.69) is 24.4 Å². The van der Waals surface area contributed by atoms with Crippen molar-refractivity contribution in [3.8, 4) is 0 Å². The van der Waals surface area contributed by atoms with Gasteiger partial charge in [0.25, 0.3) is 0 Å². The van der Waals surface area contributed by atoms with Gasteiger partial charge in [-0.3, -0.25) is 9.59 Å². The molecule has 1 aliphatic carbocycles. The van der Waals surface area contributed by atoms with Crippen molar-refractivity contribution >= 4 is 11.9 Å². The average Bonchev–Trinajstić information content (AvgIpc) is 2.54. The van der Waals surface area contributed by atoms with Crippen LogP contribution in [-0.2, 0) is 9.59 Å². The Morgan fingerprint density at radius 2 is 1.77 bits per heavy atom. The third-order valence-corrected chi connectivity index (χ3v) is 4.84. The molecule has 1 saturated carbocycles. The summed E-state index contributed by atoms with van der Waals surface area (Å²) in [4.78, 5) is 23.5. The van der Waals surface area contributed by atoms with E-state index in [9.17, 15) is 9.59 Å². The van der Waals surface area contributed by atoms with Crippen molar-refractivity contribution in [2.75, 3.05) is 0 Å². The van der Waals surface area contributed by atoms with E-state index >= 15 is 0 Å². The van der Waals surface area contributed by atoms with Crippen LogP contribution < -0.4 is 5.32 Å². The number of hydrogen-bond donors (Lipinski definition) is 2. The summed E-state index contributed by atoms with van der Waals surface area (Å²) < 4.78 is 0. The van der Waals surface area contributed by atoms with Crippen LogP contribution in [0, 0.1) is 11.8 Å². The lowest BCUT2D eigenvalue weighted by atomic mass is 9.80. The van der Waals surface area contributed by atoms with Gasteiger partial charge in [0.1, 0.15) is 0 Å². The van der Waals surface area contributed by atoms with Gasteiger partial charge in [0.15, 0.2) is 0 Å². The summed E-state index contributed by atoms with van der Waals surface area (Å²) in [5, 5.41) is 12.2. The molecule has 0 aromatic heterocycles. The quantitative estimate of drug-likeness (QED) is 0.878. The van der Waals surface area contributed by atoms with Crippen LogP contribution in [0.3, 0.4) is 0 Å². The molecule has 4 heteroatoms. The molecule has 1 aromatic carbocycles. The van der Waals surface area contributed by atoms with E-state index in [1.54, 1.807) is 0 Å². The number of aliphatic carboxylic acids is 1. The van der Waals surface area contributed by atoms with E-state index < -0.39 is 5.97 Å². The minimum atomic E-state index is -0.775. The summed E-state index contributed by atoms with van der Waals surface area (Å²) >= 11 is 0. The Bertz CT molecular complexity index is 514. The van der Waals surface area contributed by atoms with E-state index in [0.717, 1.165) is 12.8 Å². The average molecular weight is 303 g/mol. The molecular formula is C18H25NO3. The maximum atomic E-state index is 12.4. The van der Waals surface area contributed by atoms with Gasteiger partial charge in [-0.15, -0.1) is 0 Å². The highest BCUT2D eigenvalue weighted by atomic mass is 16.4. The van der Waals surface area contributed by atoms with Crippen molar-refractivity contribution in [1.29, 1.82) is 0 Å². The van der Waals surface area contributed by atoms with E-state index in [1.165, 1.54) is 5.56 Å². The molecule has 2 N–H and O–H groups in total. The number of carboxylic acids is 1. The van der Waals surface area contributed by atoms with Crippen LogP contribution in [0.2, 0.25) is 0 Å². The largest absolute Gasteiger partial charge is 0.481 e. The third kappa shape index (κ3) is 4.09. The molecule has 0 bridgehead atoms. The number of carbonyl (C=O) groups excluding carboxylic acids is 1. The second kappa shape index (κ2) is 7.43. The fourth-order valence-electron chi connectivity index (χ4n) is 3.16. The molecule has 4 unspecified atom stereocenters. The zero-order valence-corrected chi connectivity index (χ0v) is 13.3. The first-order valence-corrected chi connectivity index (χ1v) is 8.07. The summed E-state index contributed by atoms with van der Waals surface area (Å²) in [6.07, 6.45) is 2.77. The molecule has 22 heavy (non-hydrogen) atoms. The van der Waals surface area contributed by atoms with E-state index in [4.69, 9.17) is 5.11 Å². The summed E-state index contributed by atoms with van der Waals surface area (Å²) in [5.41, 5.74) is 1.20. The molecule has 120 valence electrons. The van der Waals surface area contributed by atoms with Gasteiger partial charge in [-0.05, 0) is 31.7 Å². The van der Waals surface area contributed by atoms with Gasteiger partial charge < -0.3 is 10.4 Å². The minimum Gasteiger partial charge on any atom is -0.481 e. The van der Waals surface area contributed by atoms with Crippen LogP contribution in [0.25, 0.3) is 0 Å². The Morgan fingerprint density at radius 1 is 1.14 bits per heavy atom. The third-order valence-electron chi connectivity index (χ3n) is 4.84. The zero-order chi connectivity index (χ0) is 16.1. The van der Waals surface area contributed by atoms with Gasteiger partial charge in [0, 0.05) is 17.9 Å². The number of nitrogens with one attached hydrogen (secondary N) is 1. The number of carboxylic acid groups (broad SMARTS) is 1. The smallest absolute Gasteiger partial charge is 0.306 e. The molecule has 0 saturated heterocycles. The predicted octanol–water partition coefficient (Wildman–Crippen LogP) is 3.19. The number of benzene rings is 1. The highest BCUT2D eigenvalue weighted by Gasteiger charge is 2.31. The molecule has 1 fully saturated rings. The van der Waals surface area contributed by atoms with Crippen molar-refractivity contribution in [3.05, 3.63) is 35.9 Å². The predicted molar refractivity (Wildman–Crippen MR) is 85.5 cm³/mol. The monoisotopic (exact) mass is 303 g/mol. The van der Waals surface area contributed by atoms with Gasteiger partial charge in [-0.1, -0.05) is 43.7 Å². The highest BCUT2D eigenvalue weighted by Crippen LogP contribution is 2.30. The van der Waals surface area contributed by atoms with E-state index in [-0.39, 0.29) is 29.7 Å². The summed E-state index contributed by atoms with van der Waals surface area (Å²) in [6, 6.07) is 10.1. The normalized spacial score (nSPS) is 24.3. The van der Waals surface area contributed by atoms with Crippen molar-refractivity contribution in [2.45, 2.75) is 51.5 Å². The molecule has 2 rings (SSSR count). The Hall–Kier alpha value is -1.84. The van der Waals surface area contributed by atoms with Crippen molar-refractivity contribution in [2.24, 2.45) is 11.8 Å². The van der Waals surface area contributed by atoms with Crippen LogP contribution in [0.15, 0.2) is 30.3 Å². The fourth-order valence-corrected chi connectivity index (χ4v) is 3.16. The summed E-state index contributed by atoms with van der Waals surface area (Å²) in [5.74, 6) is -1.08. The Morgan fingerprint density at radius 3 is 2.41 bits per heavy atom. The Balaban J connectivity index is 1.92. The maximum Gasteiger partial charge on any atom is 0.306 e. The standard InChI is InChI=1S/C18H25NO3/c1-12(14-7-4-3-5-8-14)13(2)19-17(20)15-9-6-10-16(11-15)18(21)22/h3-5,7-8,12-13,15-16H,6,9-11H2,1-2H3,(H,19,20)(H,21,22). The second-order valence-electron chi connectivity index (χ2n) is 6.40. The lowest BCUT2D eigenvalue weighted by molar-refractivity contribution is -0.144. The van der Waals surface area contributed by atoms with E-state index in [0.29, 0.717) is 12.8 Å². The number of amides is 1. The lowest BCUT2D eigenvalue weighted by Crippen LogP contribution is -2.41. The van der Waals surface area contributed by atoms with Crippen LogP contribution >= 0.6 is 0 Å². The molecule has 4 atom stereocenters. The van der Waals surface area contributed by atoms with Gasteiger partial charge in [-0.2, -0.15) is 0 Å². The molecule has 1 aliphatic rings.